The molecule has 0 saturated carbocycles. The number of benzene rings is 1. The fourth-order valence-corrected chi connectivity index (χ4v) is 4.22. The minimum Gasteiger partial charge on any atom is -0.490 e. The Labute approximate surface area is 203 Å². The highest BCUT2D eigenvalue weighted by atomic mass is 32.1. The van der Waals surface area contributed by atoms with Gasteiger partial charge in [-0.05, 0) is 59.2 Å². The molecule has 0 atom stereocenters. The van der Waals surface area contributed by atoms with Crippen LogP contribution in [0.3, 0.4) is 0 Å². The van der Waals surface area contributed by atoms with Crippen LogP contribution in [-0.4, -0.2) is 50.9 Å². The highest BCUT2D eigenvalue weighted by Gasteiger charge is 2.28. The second-order valence-corrected chi connectivity index (χ2v) is 7.78. The third-order valence-corrected chi connectivity index (χ3v) is 5.67. The molecule has 34 heavy (non-hydrogen) atoms. The Morgan fingerprint density at radius 2 is 1.32 bits per heavy atom. The number of hydrogen-bond donors (Lipinski definition) is 1. The molecule has 0 aliphatic heterocycles. The summed E-state index contributed by atoms with van der Waals surface area (Å²) in [4.78, 5) is 38.4. The van der Waals surface area contributed by atoms with E-state index in [1.807, 2.05) is 20.8 Å². The predicted molar refractivity (Wildman–Crippen MR) is 129 cm³/mol. The van der Waals surface area contributed by atoms with Gasteiger partial charge in [-0.3, -0.25) is 4.79 Å². The molecule has 0 bridgehead atoms. The maximum atomic E-state index is 13.2. The van der Waals surface area contributed by atoms with Crippen LogP contribution >= 0.6 is 11.3 Å². The van der Waals surface area contributed by atoms with Gasteiger partial charge in [0.05, 0.1) is 38.6 Å². The van der Waals surface area contributed by atoms with Crippen LogP contribution in [0.4, 0.5) is 5.00 Å². The SMILES string of the molecule is CCOC(=O)c1sc(NC(=O)c2cc(OCC)c(OCC)c(OCC)c2)c(C(=O)OCC)c1C. The zero-order chi connectivity index (χ0) is 25.3. The Morgan fingerprint density at radius 1 is 0.794 bits per heavy atom. The topological polar surface area (TPSA) is 109 Å². The van der Waals surface area contributed by atoms with Crippen molar-refractivity contribution >= 4 is 34.2 Å². The number of amides is 1. The zero-order valence-electron chi connectivity index (χ0n) is 20.4. The number of carbonyl (C=O) groups is 3. The molecular weight excluding hydrogens is 462 g/mol. The van der Waals surface area contributed by atoms with E-state index >= 15 is 0 Å². The van der Waals surface area contributed by atoms with E-state index in [0.717, 1.165) is 11.3 Å². The molecule has 0 aliphatic rings. The Balaban J connectivity index is 2.52. The summed E-state index contributed by atoms with van der Waals surface area (Å²) in [5, 5.41) is 2.92. The second kappa shape index (κ2) is 12.8. The molecule has 0 radical (unpaired) electrons. The first-order chi connectivity index (χ1) is 16.3. The molecule has 2 aromatic rings. The van der Waals surface area contributed by atoms with Gasteiger partial charge in [-0.25, -0.2) is 9.59 Å². The number of carbonyl (C=O) groups excluding carboxylic acids is 3. The molecule has 1 aromatic heterocycles. The summed E-state index contributed by atoms with van der Waals surface area (Å²) in [5.74, 6) is -0.604. The maximum Gasteiger partial charge on any atom is 0.348 e. The highest BCUT2D eigenvalue weighted by Crippen LogP contribution is 2.40. The summed E-state index contributed by atoms with van der Waals surface area (Å²) in [5.41, 5.74) is 0.729. The van der Waals surface area contributed by atoms with Crippen molar-refractivity contribution in [1.29, 1.82) is 0 Å². The van der Waals surface area contributed by atoms with Crippen molar-refractivity contribution in [3.05, 3.63) is 33.7 Å². The average Bonchev–Trinajstić information content (AvgIpc) is 3.12. The standard InChI is InChI=1S/C24H31NO8S/c1-7-29-16-12-15(13-17(30-8-2)19(16)31-9-3)21(26)25-22-18(23(27)32-10-4)14(6)20(34-22)24(28)33-11-5/h12-13H,7-11H2,1-6H3,(H,25,26). The Hall–Kier alpha value is -3.27. The number of nitrogens with one attached hydrogen (secondary N) is 1. The lowest BCUT2D eigenvalue weighted by Crippen LogP contribution is -2.15. The molecule has 0 aliphatic carbocycles. The zero-order valence-corrected chi connectivity index (χ0v) is 21.2. The minimum atomic E-state index is -0.640. The number of esters is 2. The summed E-state index contributed by atoms with van der Waals surface area (Å²) < 4.78 is 27.3. The van der Waals surface area contributed by atoms with Gasteiger partial charge in [-0.1, -0.05) is 0 Å². The van der Waals surface area contributed by atoms with Crippen molar-refractivity contribution in [1.82, 2.24) is 0 Å². The Kier molecular flexibility index (Phi) is 10.2. The second-order valence-electron chi connectivity index (χ2n) is 6.76. The van der Waals surface area contributed by atoms with Crippen molar-refractivity contribution in [2.24, 2.45) is 0 Å². The summed E-state index contributed by atoms with van der Waals surface area (Å²) in [6, 6.07) is 3.09. The van der Waals surface area contributed by atoms with E-state index in [1.165, 1.54) is 0 Å². The highest BCUT2D eigenvalue weighted by molar-refractivity contribution is 7.18. The van der Waals surface area contributed by atoms with Crippen LogP contribution in [0.1, 0.15) is 70.6 Å². The lowest BCUT2D eigenvalue weighted by Gasteiger charge is -2.17. The third kappa shape index (κ3) is 6.19. The van der Waals surface area contributed by atoms with Gasteiger partial charge in [0, 0.05) is 5.56 Å². The van der Waals surface area contributed by atoms with Crippen molar-refractivity contribution in [3.63, 3.8) is 0 Å². The average molecular weight is 494 g/mol. The number of anilines is 1. The van der Waals surface area contributed by atoms with Crippen LogP contribution in [0.5, 0.6) is 17.2 Å². The molecule has 0 unspecified atom stereocenters. The lowest BCUT2D eigenvalue weighted by atomic mass is 10.1. The first-order valence-corrected chi connectivity index (χ1v) is 12.0. The number of hydrogen-bond acceptors (Lipinski definition) is 9. The van der Waals surface area contributed by atoms with Gasteiger partial charge in [-0.15, -0.1) is 11.3 Å². The largest absolute Gasteiger partial charge is 0.490 e. The number of ether oxygens (including phenoxy) is 5. The van der Waals surface area contributed by atoms with Gasteiger partial charge in [0.25, 0.3) is 5.91 Å². The molecule has 0 fully saturated rings. The quantitative estimate of drug-likeness (QED) is 0.418. The number of rotatable bonds is 12. The van der Waals surface area contributed by atoms with Crippen LogP contribution in [0.25, 0.3) is 0 Å². The molecule has 1 heterocycles. The van der Waals surface area contributed by atoms with E-state index in [9.17, 15) is 14.4 Å². The van der Waals surface area contributed by atoms with Crippen LogP contribution in [0, 0.1) is 6.92 Å². The third-order valence-electron chi connectivity index (χ3n) is 4.49. The summed E-state index contributed by atoms with van der Waals surface area (Å²) in [6.45, 7) is 11.9. The predicted octanol–water partition coefficient (Wildman–Crippen LogP) is 4.86. The van der Waals surface area contributed by atoms with E-state index < -0.39 is 17.8 Å². The van der Waals surface area contributed by atoms with Crippen molar-refractivity contribution in [2.45, 2.75) is 41.5 Å². The van der Waals surface area contributed by atoms with Gasteiger partial charge < -0.3 is 29.0 Å². The molecule has 2 rings (SSSR count). The van der Waals surface area contributed by atoms with Crippen molar-refractivity contribution in [2.75, 3.05) is 38.4 Å². The van der Waals surface area contributed by atoms with Gasteiger partial charge in [0.15, 0.2) is 11.5 Å². The smallest absolute Gasteiger partial charge is 0.348 e. The molecule has 0 saturated heterocycles. The van der Waals surface area contributed by atoms with Crippen molar-refractivity contribution < 1.29 is 38.1 Å². The van der Waals surface area contributed by atoms with Crippen LogP contribution < -0.4 is 19.5 Å². The minimum absolute atomic E-state index is 0.115. The fraction of sp³-hybridized carbons (Fsp3) is 0.458. The first-order valence-electron chi connectivity index (χ1n) is 11.2. The van der Waals surface area contributed by atoms with E-state index in [-0.39, 0.29) is 34.2 Å². The lowest BCUT2D eigenvalue weighted by molar-refractivity contribution is 0.0527. The monoisotopic (exact) mass is 493 g/mol. The Morgan fingerprint density at radius 3 is 1.82 bits per heavy atom. The molecular formula is C24H31NO8S. The van der Waals surface area contributed by atoms with Gasteiger partial charge in [0.2, 0.25) is 5.75 Å². The molecule has 186 valence electrons. The van der Waals surface area contributed by atoms with Gasteiger partial charge in [0.1, 0.15) is 9.88 Å². The molecule has 10 heteroatoms. The van der Waals surface area contributed by atoms with E-state index in [1.54, 1.807) is 32.9 Å². The normalized spacial score (nSPS) is 10.4. The van der Waals surface area contributed by atoms with E-state index in [4.69, 9.17) is 23.7 Å². The van der Waals surface area contributed by atoms with Crippen molar-refractivity contribution in [3.8, 4) is 17.2 Å². The van der Waals surface area contributed by atoms with Crippen LogP contribution in [0.2, 0.25) is 0 Å². The summed E-state index contributed by atoms with van der Waals surface area (Å²) in [6.07, 6.45) is 0. The molecule has 1 aromatic carbocycles. The Bertz CT molecular complexity index is 1000. The summed E-state index contributed by atoms with van der Waals surface area (Å²) >= 11 is 0.957. The van der Waals surface area contributed by atoms with Crippen LogP contribution in [0.15, 0.2) is 12.1 Å². The van der Waals surface area contributed by atoms with E-state index in [0.29, 0.717) is 42.6 Å². The van der Waals surface area contributed by atoms with Gasteiger partial charge >= 0.3 is 11.9 Å². The molecule has 9 nitrogen and oxygen atoms in total. The molecule has 1 amide bonds. The van der Waals surface area contributed by atoms with E-state index in [2.05, 4.69) is 5.32 Å². The maximum absolute atomic E-state index is 13.2. The molecule has 0 spiro atoms. The summed E-state index contributed by atoms with van der Waals surface area (Å²) in [7, 11) is 0. The van der Waals surface area contributed by atoms with Crippen LogP contribution in [-0.2, 0) is 9.47 Å². The first kappa shape index (κ1) is 27.0. The number of thiophene rings is 1. The fourth-order valence-electron chi connectivity index (χ4n) is 3.14. The van der Waals surface area contributed by atoms with Gasteiger partial charge in [-0.2, -0.15) is 0 Å². The molecule has 1 N–H and O–H groups in total.